The van der Waals surface area contributed by atoms with E-state index in [1.54, 1.807) is 18.2 Å². The van der Waals surface area contributed by atoms with Crippen LogP contribution in [0, 0.1) is 0 Å². The van der Waals surface area contributed by atoms with Crippen LogP contribution in [0.4, 0.5) is 0 Å². The second kappa shape index (κ2) is 4.49. The summed E-state index contributed by atoms with van der Waals surface area (Å²) in [6, 6.07) is 6.15. The van der Waals surface area contributed by atoms with E-state index in [1.807, 2.05) is 0 Å². The zero-order valence-electron chi connectivity index (χ0n) is 9.06. The Balaban J connectivity index is 3.19. The first-order valence-electron chi connectivity index (χ1n) is 4.44. The molecule has 1 aromatic carbocycles. The lowest BCUT2D eigenvalue weighted by Gasteiger charge is -2.05. The largest absolute Gasteiger partial charge is 0.465 e. The van der Waals surface area contributed by atoms with Crippen molar-refractivity contribution in [2.24, 2.45) is 0 Å². The van der Waals surface area contributed by atoms with Gasteiger partial charge in [0.05, 0.1) is 17.6 Å². The Bertz CT molecular complexity index is 529. The smallest absolute Gasteiger partial charge is 0.337 e. The van der Waals surface area contributed by atoms with Crippen LogP contribution in [-0.4, -0.2) is 27.8 Å². The van der Waals surface area contributed by atoms with Crippen LogP contribution in [0.2, 0.25) is 0 Å². The molecule has 1 rings (SSSR count). The SMILES string of the molecule is C=C(c1cccc(C(=O)OC)c1)S(C)(=O)=O. The topological polar surface area (TPSA) is 60.4 Å². The molecule has 0 aliphatic heterocycles. The van der Waals surface area contributed by atoms with Gasteiger partial charge in [0.1, 0.15) is 0 Å². The van der Waals surface area contributed by atoms with Crippen molar-refractivity contribution < 1.29 is 17.9 Å². The first kappa shape index (κ1) is 12.4. The number of methoxy groups -OCH3 is 1. The fourth-order valence-electron chi connectivity index (χ4n) is 1.15. The van der Waals surface area contributed by atoms with Gasteiger partial charge in [0.2, 0.25) is 0 Å². The Kier molecular flexibility index (Phi) is 3.49. The molecule has 0 aliphatic carbocycles. The molecule has 0 aliphatic rings. The number of esters is 1. The van der Waals surface area contributed by atoms with E-state index in [1.165, 1.54) is 13.2 Å². The third kappa shape index (κ3) is 2.70. The highest BCUT2D eigenvalue weighted by molar-refractivity contribution is 7.99. The molecule has 0 aromatic heterocycles. The number of ether oxygens (including phenoxy) is 1. The molecule has 0 fully saturated rings. The maximum atomic E-state index is 11.3. The van der Waals surface area contributed by atoms with Gasteiger partial charge in [-0.05, 0) is 17.7 Å². The number of benzene rings is 1. The lowest BCUT2D eigenvalue weighted by Crippen LogP contribution is -2.03. The predicted molar refractivity (Wildman–Crippen MR) is 61.7 cm³/mol. The Labute approximate surface area is 94.5 Å². The highest BCUT2D eigenvalue weighted by atomic mass is 32.2. The number of carbonyl (C=O) groups excluding carboxylic acids is 1. The Hall–Kier alpha value is -1.62. The van der Waals surface area contributed by atoms with Gasteiger partial charge in [0, 0.05) is 6.26 Å². The monoisotopic (exact) mass is 240 g/mol. The lowest BCUT2D eigenvalue weighted by molar-refractivity contribution is 0.0600. The van der Waals surface area contributed by atoms with Crippen molar-refractivity contribution in [2.45, 2.75) is 0 Å². The quantitative estimate of drug-likeness (QED) is 0.751. The molecular weight excluding hydrogens is 228 g/mol. The van der Waals surface area contributed by atoms with Crippen LogP contribution in [0.15, 0.2) is 30.8 Å². The average molecular weight is 240 g/mol. The maximum absolute atomic E-state index is 11.3. The van der Waals surface area contributed by atoms with Crippen LogP contribution < -0.4 is 0 Å². The van der Waals surface area contributed by atoms with Gasteiger partial charge in [0.25, 0.3) is 0 Å². The van der Waals surface area contributed by atoms with Gasteiger partial charge in [-0.25, -0.2) is 13.2 Å². The number of carbonyl (C=O) groups is 1. The minimum absolute atomic E-state index is 0.0155. The molecule has 0 spiro atoms. The van der Waals surface area contributed by atoms with E-state index in [2.05, 4.69) is 11.3 Å². The number of sulfone groups is 1. The van der Waals surface area contributed by atoms with Crippen molar-refractivity contribution in [3.63, 3.8) is 0 Å². The van der Waals surface area contributed by atoms with Crippen molar-refractivity contribution in [1.29, 1.82) is 0 Å². The van der Waals surface area contributed by atoms with Gasteiger partial charge in [-0.3, -0.25) is 0 Å². The molecule has 0 saturated carbocycles. The first-order valence-corrected chi connectivity index (χ1v) is 6.33. The van der Waals surface area contributed by atoms with E-state index < -0.39 is 15.8 Å². The van der Waals surface area contributed by atoms with Crippen LogP contribution in [0.1, 0.15) is 15.9 Å². The molecule has 0 amide bonds. The molecule has 1 aromatic rings. The second-order valence-electron chi connectivity index (χ2n) is 3.27. The molecule has 0 unspecified atom stereocenters. The molecule has 16 heavy (non-hydrogen) atoms. The molecular formula is C11H12O4S. The molecule has 5 heteroatoms. The van der Waals surface area contributed by atoms with Crippen LogP contribution in [-0.2, 0) is 14.6 Å². The zero-order valence-corrected chi connectivity index (χ0v) is 9.87. The summed E-state index contributed by atoms with van der Waals surface area (Å²) < 4.78 is 27.1. The standard InChI is InChI=1S/C11H12O4S/c1-8(16(3,13)14)9-5-4-6-10(7-9)11(12)15-2/h4-7H,1H2,2-3H3. The van der Waals surface area contributed by atoms with Crippen molar-refractivity contribution >= 4 is 20.7 Å². The molecule has 4 nitrogen and oxygen atoms in total. The third-order valence-electron chi connectivity index (χ3n) is 2.05. The molecule has 0 bridgehead atoms. The highest BCUT2D eigenvalue weighted by Crippen LogP contribution is 2.19. The lowest BCUT2D eigenvalue weighted by atomic mass is 10.1. The Morgan fingerprint density at radius 1 is 1.31 bits per heavy atom. The first-order chi connectivity index (χ1) is 7.36. The normalized spacial score (nSPS) is 10.9. The minimum atomic E-state index is -3.35. The maximum Gasteiger partial charge on any atom is 0.337 e. The van der Waals surface area contributed by atoms with Gasteiger partial charge in [-0.2, -0.15) is 0 Å². The third-order valence-corrected chi connectivity index (χ3v) is 3.18. The summed E-state index contributed by atoms with van der Waals surface area (Å²) in [6.07, 6.45) is 1.07. The average Bonchev–Trinajstić information content (AvgIpc) is 2.26. The summed E-state index contributed by atoms with van der Waals surface area (Å²) in [4.78, 5) is 11.2. The molecule has 86 valence electrons. The predicted octanol–water partition coefficient (Wildman–Crippen LogP) is 1.49. The zero-order chi connectivity index (χ0) is 12.3. The number of hydrogen-bond acceptors (Lipinski definition) is 4. The van der Waals surface area contributed by atoms with Gasteiger partial charge in [-0.15, -0.1) is 0 Å². The van der Waals surface area contributed by atoms with Gasteiger partial charge < -0.3 is 4.74 Å². The van der Waals surface area contributed by atoms with E-state index in [-0.39, 0.29) is 4.91 Å². The van der Waals surface area contributed by atoms with E-state index in [4.69, 9.17) is 0 Å². The van der Waals surface area contributed by atoms with Crippen molar-refractivity contribution in [3.05, 3.63) is 42.0 Å². The Morgan fingerprint density at radius 2 is 1.88 bits per heavy atom. The molecule has 0 saturated heterocycles. The van der Waals surface area contributed by atoms with E-state index in [0.29, 0.717) is 11.1 Å². The van der Waals surface area contributed by atoms with E-state index >= 15 is 0 Å². The van der Waals surface area contributed by atoms with Crippen LogP contribution >= 0.6 is 0 Å². The molecule has 0 atom stereocenters. The van der Waals surface area contributed by atoms with Crippen molar-refractivity contribution in [2.75, 3.05) is 13.4 Å². The van der Waals surface area contributed by atoms with E-state index in [9.17, 15) is 13.2 Å². The van der Waals surface area contributed by atoms with Crippen LogP contribution in [0.3, 0.4) is 0 Å². The van der Waals surface area contributed by atoms with Crippen LogP contribution in [0.5, 0.6) is 0 Å². The van der Waals surface area contributed by atoms with Crippen molar-refractivity contribution in [1.82, 2.24) is 0 Å². The molecule has 0 N–H and O–H groups in total. The second-order valence-corrected chi connectivity index (χ2v) is 5.30. The number of rotatable bonds is 3. The summed E-state index contributed by atoms with van der Waals surface area (Å²) in [6.45, 7) is 3.48. The minimum Gasteiger partial charge on any atom is -0.465 e. The Morgan fingerprint density at radius 3 is 2.38 bits per heavy atom. The molecule has 0 heterocycles. The fraction of sp³-hybridized carbons (Fsp3) is 0.182. The molecule has 0 radical (unpaired) electrons. The summed E-state index contributed by atoms with van der Waals surface area (Å²) >= 11 is 0. The van der Waals surface area contributed by atoms with Gasteiger partial charge >= 0.3 is 5.97 Å². The summed E-state index contributed by atoms with van der Waals surface area (Å²) in [5.74, 6) is -0.511. The van der Waals surface area contributed by atoms with Crippen molar-refractivity contribution in [3.8, 4) is 0 Å². The van der Waals surface area contributed by atoms with Gasteiger partial charge in [0.15, 0.2) is 9.84 Å². The summed E-state index contributed by atoms with van der Waals surface area (Å²) in [7, 11) is -2.09. The number of hydrogen-bond donors (Lipinski definition) is 0. The summed E-state index contributed by atoms with van der Waals surface area (Å²) in [5.41, 5.74) is 0.690. The highest BCUT2D eigenvalue weighted by Gasteiger charge is 2.13. The fourth-order valence-corrected chi connectivity index (χ4v) is 1.71. The summed E-state index contributed by atoms with van der Waals surface area (Å²) in [5, 5.41) is 0. The van der Waals surface area contributed by atoms with Crippen LogP contribution in [0.25, 0.3) is 4.91 Å². The van der Waals surface area contributed by atoms with E-state index in [0.717, 1.165) is 6.26 Å². The van der Waals surface area contributed by atoms with Gasteiger partial charge in [-0.1, -0.05) is 18.7 Å².